The minimum absolute atomic E-state index is 0.351. The largest absolute Gasteiger partial charge is 0.396 e. The fourth-order valence-corrected chi connectivity index (χ4v) is 2.78. The lowest BCUT2D eigenvalue weighted by molar-refractivity contribution is 0.171. The van der Waals surface area contributed by atoms with Gasteiger partial charge < -0.3 is 5.11 Å². The Morgan fingerprint density at radius 1 is 1.33 bits per heavy atom. The lowest BCUT2D eigenvalue weighted by Crippen LogP contribution is -2.38. The van der Waals surface area contributed by atoms with Crippen molar-refractivity contribution in [3.63, 3.8) is 0 Å². The Hall–Kier alpha value is -0.0800. The van der Waals surface area contributed by atoms with Gasteiger partial charge in [0.15, 0.2) is 0 Å². The van der Waals surface area contributed by atoms with Crippen LogP contribution in [0.3, 0.4) is 0 Å². The third-order valence-corrected chi connectivity index (χ3v) is 3.69. The number of aliphatic hydroxyl groups is 1. The maximum absolute atomic E-state index is 8.98. The summed E-state index contributed by atoms with van der Waals surface area (Å²) in [6.07, 6.45) is 6.20. The summed E-state index contributed by atoms with van der Waals surface area (Å²) < 4.78 is 0. The molecule has 1 rings (SSSR count). The van der Waals surface area contributed by atoms with Crippen LogP contribution in [0.4, 0.5) is 0 Å². The van der Waals surface area contributed by atoms with Crippen molar-refractivity contribution >= 4 is 0 Å². The number of likely N-dealkylation sites (tertiary alicyclic amines) is 1. The molecule has 0 amide bonds. The van der Waals surface area contributed by atoms with Gasteiger partial charge in [-0.25, -0.2) is 0 Å². The molecule has 0 spiro atoms. The van der Waals surface area contributed by atoms with Crippen LogP contribution in [0, 0.1) is 5.92 Å². The van der Waals surface area contributed by atoms with Gasteiger partial charge >= 0.3 is 0 Å². The molecule has 0 aliphatic carbocycles. The molecular weight excluding hydrogens is 186 g/mol. The van der Waals surface area contributed by atoms with Gasteiger partial charge in [-0.05, 0) is 45.6 Å². The van der Waals surface area contributed by atoms with Crippen LogP contribution in [0.1, 0.15) is 52.9 Å². The Morgan fingerprint density at radius 3 is 2.67 bits per heavy atom. The first kappa shape index (κ1) is 13.0. The second-order valence-electron chi connectivity index (χ2n) is 5.55. The Kier molecular flexibility index (Phi) is 5.07. The zero-order valence-corrected chi connectivity index (χ0v) is 10.6. The quantitative estimate of drug-likeness (QED) is 0.686. The highest BCUT2D eigenvalue weighted by molar-refractivity contribution is 4.92. The molecule has 2 nitrogen and oxygen atoms in total. The summed E-state index contributed by atoms with van der Waals surface area (Å²) in [5.74, 6) is 0.714. The van der Waals surface area contributed by atoms with E-state index in [0.29, 0.717) is 18.1 Å². The van der Waals surface area contributed by atoms with Crippen LogP contribution in [-0.4, -0.2) is 35.2 Å². The van der Waals surface area contributed by atoms with Gasteiger partial charge in [0.05, 0.1) is 0 Å². The van der Waals surface area contributed by atoms with E-state index in [2.05, 4.69) is 25.7 Å². The molecule has 90 valence electrons. The van der Waals surface area contributed by atoms with E-state index in [9.17, 15) is 0 Å². The summed E-state index contributed by atoms with van der Waals surface area (Å²) in [5, 5.41) is 8.98. The first-order valence-corrected chi connectivity index (χ1v) is 6.46. The van der Waals surface area contributed by atoms with Crippen molar-refractivity contribution in [2.45, 2.75) is 58.4 Å². The van der Waals surface area contributed by atoms with E-state index in [1.165, 1.54) is 38.8 Å². The minimum atomic E-state index is 0.351. The SMILES string of the molecule is CCCCCN1CC(CCO)CC1(C)C. The van der Waals surface area contributed by atoms with E-state index < -0.39 is 0 Å². The molecule has 1 fully saturated rings. The molecule has 0 bridgehead atoms. The van der Waals surface area contributed by atoms with Crippen molar-refractivity contribution in [2.75, 3.05) is 19.7 Å². The summed E-state index contributed by atoms with van der Waals surface area (Å²) >= 11 is 0. The molecule has 1 N–H and O–H groups in total. The first-order chi connectivity index (χ1) is 7.10. The van der Waals surface area contributed by atoms with Crippen molar-refractivity contribution in [3.05, 3.63) is 0 Å². The lowest BCUT2D eigenvalue weighted by atomic mass is 9.94. The molecule has 0 aromatic carbocycles. The molecule has 0 aromatic rings. The van der Waals surface area contributed by atoms with Crippen molar-refractivity contribution in [1.29, 1.82) is 0 Å². The van der Waals surface area contributed by atoms with Gasteiger partial charge in [0.25, 0.3) is 0 Å². The number of rotatable bonds is 6. The molecule has 15 heavy (non-hydrogen) atoms. The maximum atomic E-state index is 8.98. The third-order valence-electron chi connectivity index (χ3n) is 3.69. The summed E-state index contributed by atoms with van der Waals surface area (Å²) in [5.41, 5.74) is 0.355. The minimum Gasteiger partial charge on any atom is -0.396 e. The van der Waals surface area contributed by atoms with Crippen molar-refractivity contribution in [3.8, 4) is 0 Å². The van der Waals surface area contributed by atoms with Gasteiger partial charge in [-0.2, -0.15) is 0 Å². The summed E-state index contributed by atoms with van der Waals surface area (Å²) in [6.45, 7) is 9.72. The molecular formula is C13H27NO. The highest BCUT2D eigenvalue weighted by Crippen LogP contribution is 2.34. The number of hydrogen-bond donors (Lipinski definition) is 1. The van der Waals surface area contributed by atoms with Gasteiger partial charge in [-0.3, -0.25) is 4.90 Å². The maximum Gasteiger partial charge on any atom is 0.0434 e. The monoisotopic (exact) mass is 213 g/mol. The first-order valence-electron chi connectivity index (χ1n) is 6.46. The van der Waals surface area contributed by atoms with Gasteiger partial charge in [0.2, 0.25) is 0 Å². The smallest absolute Gasteiger partial charge is 0.0434 e. The van der Waals surface area contributed by atoms with E-state index in [0.717, 1.165) is 6.42 Å². The van der Waals surface area contributed by atoms with Crippen molar-refractivity contribution in [2.24, 2.45) is 5.92 Å². The van der Waals surface area contributed by atoms with Gasteiger partial charge in [0.1, 0.15) is 0 Å². The average Bonchev–Trinajstić information content (AvgIpc) is 2.42. The van der Waals surface area contributed by atoms with Gasteiger partial charge in [0, 0.05) is 18.7 Å². The predicted octanol–water partition coefficient (Wildman–Crippen LogP) is 2.66. The number of unbranched alkanes of at least 4 members (excludes halogenated alkanes) is 2. The predicted molar refractivity (Wildman–Crippen MR) is 65.0 cm³/mol. The summed E-state index contributed by atoms with van der Waals surface area (Å²) in [7, 11) is 0. The summed E-state index contributed by atoms with van der Waals surface area (Å²) in [4.78, 5) is 2.61. The molecule has 1 aliphatic heterocycles. The highest BCUT2D eigenvalue weighted by atomic mass is 16.3. The van der Waals surface area contributed by atoms with Crippen LogP contribution in [0.5, 0.6) is 0 Å². The second kappa shape index (κ2) is 5.86. The molecule has 1 heterocycles. The average molecular weight is 213 g/mol. The van der Waals surface area contributed by atoms with Crippen LogP contribution in [-0.2, 0) is 0 Å². The van der Waals surface area contributed by atoms with Gasteiger partial charge in [-0.1, -0.05) is 19.8 Å². The molecule has 0 saturated carbocycles. The van der Waals surface area contributed by atoms with Crippen LogP contribution in [0.25, 0.3) is 0 Å². The number of nitrogens with zero attached hydrogens (tertiary/aromatic N) is 1. The Balaban J connectivity index is 2.36. The molecule has 0 aromatic heterocycles. The number of aliphatic hydroxyl groups excluding tert-OH is 1. The van der Waals surface area contributed by atoms with E-state index >= 15 is 0 Å². The Bertz CT molecular complexity index is 179. The molecule has 0 radical (unpaired) electrons. The van der Waals surface area contributed by atoms with Gasteiger partial charge in [-0.15, -0.1) is 0 Å². The van der Waals surface area contributed by atoms with E-state index in [1.54, 1.807) is 0 Å². The van der Waals surface area contributed by atoms with Crippen LogP contribution >= 0.6 is 0 Å². The molecule has 1 atom stereocenters. The van der Waals surface area contributed by atoms with Crippen LogP contribution < -0.4 is 0 Å². The summed E-state index contributed by atoms with van der Waals surface area (Å²) in [6, 6.07) is 0. The highest BCUT2D eigenvalue weighted by Gasteiger charge is 2.37. The molecule has 1 unspecified atom stereocenters. The fourth-order valence-electron chi connectivity index (χ4n) is 2.78. The zero-order valence-electron chi connectivity index (χ0n) is 10.6. The van der Waals surface area contributed by atoms with Crippen molar-refractivity contribution in [1.82, 2.24) is 4.90 Å². The zero-order chi connectivity index (χ0) is 11.3. The Labute approximate surface area is 94.7 Å². The molecule has 2 heteroatoms. The lowest BCUT2D eigenvalue weighted by Gasteiger charge is -2.31. The topological polar surface area (TPSA) is 23.5 Å². The normalized spacial score (nSPS) is 26.0. The van der Waals surface area contributed by atoms with Crippen LogP contribution in [0.2, 0.25) is 0 Å². The van der Waals surface area contributed by atoms with Crippen molar-refractivity contribution < 1.29 is 5.11 Å². The third kappa shape index (κ3) is 3.76. The second-order valence-corrected chi connectivity index (χ2v) is 5.55. The van der Waals surface area contributed by atoms with Crippen LogP contribution in [0.15, 0.2) is 0 Å². The molecule has 1 aliphatic rings. The molecule has 1 saturated heterocycles. The van der Waals surface area contributed by atoms with E-state index in [4.69, 9.17) is 5.11 Å². The van der Waals surface area contributed by atoms with E-state index in [1.807, 2.05) is 0 Å². The Morgan fingerprint density at radius 2 is 2.07 bits per heavy atom. The standard InChI is InChI=1S/C13H27NO/c1-4-5-6-8-14-11-12(7-9-15)10-13(14,2)3/h12,15H,4-11H2,1-3H3. The van der Waals surface area contributed by atoms with E-state index in [-0.39, 0.29) is 0 Å². The fraction of sp³-hybridized carbons (Fsp3) is 1.00. The number of hydrogen-bond acceptors (Lipinski definition) is 2.